The summed E-state index contributed by atoms with van der Waals surface area (Å²) in [5.74, 6) is 1.98. The van der Waals surface area contributed by atoms with Crippen molar-refractivity contribution in [3.8, 4) is 11.5 Å². The first-order valence-electron chi connectivity index (χ1n) is 11.4. The molecule has 1 unspecified atom stereocenters. The standard InChI is InChI=1S/C23H31BCl2N2O3.CO2/c25-21-9-8-20(15-22(21)26)31-19-6-4-17(5-7-19)16-28-13-10-18(11-14-28)23(27)3-1-2-12-24(29)30;2-1-3/h4-9,15,18,23,29-30H,1-3,10-14,16,27H2;. The van der Waals surface area contributed by atoms with Gasteiger partial charge in [-0.1, -0.05) is 48.2 Å². The van der Waals surface area contributed by atoms with Gasteiger partial charge in [-0.15, -0.1) is 0 Å². The third-order valence-corrected chi connectivity index (χ3v) is 6.68. The Bertz CT molecular complexity index is 903. The second kappa shape index (κ2) is 15.2. The molecule has 1 atom stereocenters. The van der Waals surface area contributed by atoms with Crippen LogP contribution >= 0.6 is 23.2 Å². The fraction of sp³-hybridized carbons (Fsp3) is 0.458. The molecule has 184 valence electrons. The van der Waals surface area contributed by atoms with Crippen molar-refractivity contribution >= 4 is 36.5 Å². The Hall–Kier alpha value is -1.90. The van der Waals surface area contributed by atoms with Crippen molar-refractivity contribution in [2.45, 2.75) is 51.0 Å². The lowest BCUT2D eigenvalue weighted by atomic mass is 9.82. The number of halogens is 2. The van der Waals surface area contributed by atoms with E-state index in [1.807, 2.05) is 12.1 Å². The lowest BCUT2D eigenvalue weighted by molar-refractivity contribution is -0.191. The first kappa shape index (κ1) is 28.3. The molecule has 1 aliphatic rings. The molecule has 0 amide bonds. The largest absolute Gasteiger partial charge is 0.457 e. The summed E-state index contributed by atoms with van der Waals surface area (Å²) in [6.45, 7) is 3.02. The molecule has 34 heavy (non-hydrogen) atoms. The van der Waals surface area contributed by atoms with Gasteiger partial charge >= 0.3 is 13.3 Å². The molecule has 2 aromatic rings. The van der Waals surface area contributed by atoms with Gasteiger partial charge in [-0.05, 0) is 74.4 Å². The molecule has 1 heterocycles. The molecule has 0 radical (unpaired) electrons. The molecule has 3 rings (SSSR count). The lowest BCUT2D eigenvalue weighted by Crippen LogP contribution is -2.40. The summed E-state index contributed by atoms with van der Waals surface area (Å²) in [7, 11) is -1.20. The Morgan fingerprint density at radius 1 is 1.03 bits per heavy atom. The number of hydrogen-bond donors (Lipinski definition) is 3. The van der Waals surface area contributed by atoms with Crippen LogP contribution in [0.25, 0.3) is 0 Å². The maximum Gasteiger partial charge on any atom is 0.451 e. The first-order chi connectivity index (χ1) is 16.3. The van der Waals surface area contributed by atoms with Gasteiger partial charge in [-0.2, -0.15) is 9.59 Å². The van der Waals surface area contributed by atoms with Crippen molar-refractivity contribution in [1.82, 2.24) is 4.90 Å². The Morgan fingerprint density at radius 3 is 2.24 bits per heavy atom. The fourth-order valence-electron chi connectivity index (χ4n) is 4.08. The first-order valence-corrected chi connectivity index (χ1v) is 12.1. The number of rotatable bonds is 10. The van der Waals surface area contributed by atoms with E-state index in [1.165, 1.54) is 5.56 Å². The van der Waals surface area contributed by atoms with Crippen molar-refractivity contribution in [3.05, 3.63) is 58.1 Å². The van der Waals surface area contributed by atoms with Crippen LogP contribution in [0.4, 0.5) is 0 Å². The van der Waals surface area contributed by atoms with E-state index in [0.29, 0.717) is 28.0 Å². The van der Waals surface area contributed by atoms with Crippen molar-refractivity contribution in [2.75, 3.05) is 13.1 Å². The number of unbranched alkanes of at least 4 members (excludes halogenated alkanes) is 1. The molecule has 0 saturated carbocycles. The molecule has 0 spiro atoms. The molecule has 1 saturated heterocycles. The number of carbonyl (C=O) groups excluding carboxylic acids is 2. The van der Waals surface area contributed by atoms with Crippen LogP contribution in [-0.4, -0.2) is 47.3 Å². The van der Waals surface area contributed by atoms with Crippen LogP contribution in [0.1, 0.15) is 37.7 Å². The molecule has 10 heteroatoms. The Kier molecular flexibility index (Phi) is 12.6. The zero-order valence-corrected chi connectivity index (χ0v) is 20.5. The van der Waals surface area contributed by atoms with E-state index in [-0.39, 0.29) is 12.2 Å². The van der Waals surface area contributed by atoms with Crippen LogP contribution < -0.4 is 10.5 Å². The van der Waals surface area contributed by atoms with E-state index in [2.05, 4.69) is 17.0 Å². The van der Waals surface area contributed by atoms with Crippen LogP contribution in [0.3, 0.4) is 0 Å². The highest BCUT2D eigenvalue weighted by molar-refractivity contribution is 6.42. The Balaban J connectivity index is 0.00000129. The summed E-state index contributed by atoms with van der Waals surface area (Å²) in [5.41, 5.74) is 7.64. The highest BCUT2D eigenvalue weighted by Gasteiger charge is 2.24. The number of piperidine rings is 1. The number of benzene rings is 2. The minimum Gasteiger partial charge on any atom is -0.457 e. The second-order valence-electron chi connectivity index (χ2n) is 8.45. The zero-order chi connectivity index (χ0) is 24.9. The van der Waals surface area contributed by atoms with E-state index in [9.17, 15) is 0 Å². The van der Waals surface area contributed by atoms with Gasteiger partial charge in [0.1, 0.15) is 11.5 Å². The lowest BCUT2D eigenvalue weighted by Gasteiger charge is -2.35. The number of likely N-dealkylation sites (tertiary alicyclic amines) is 1. The average molecular weight is 509 g/mol. The van der Waals surface area contributed by atoms with Crippen LogP contribution in [-0.2, 0) is 16.1 Å². The van der Waals surface area contributed by atoms with Gasteiger partial charge in [-0.3, -0.25) is 4.90 Å². The SMILES string of the molecule is NC(CCCCB(O)O)C1CCN(Cc2ccc(Oc3ccc(Cl)c(Cl)c3)cc2)CC1.O=C=O. The highest BCUT2D eigenvalue weighted by atomic mass is 35.5. The van der Waals surface area contributed by atoms with E-state index in [4.69, 9.17) is 53.3 Å². The second-order valence-corrected chi connectivity index (χ2v) is 9.26. The summed E-state index contributed by atoms with van der Waals surface area (Å²) >= 11 is 12.0. The predicted octanol–water partition coefficient (Wildman–Crippen LogP) is 4.38. The summed E-state index contributed by atoms with van der Waals surface area (Å²) < 4.78 is 5.85. The van der Waals surface area contributed by atoms with Crippen LogP contribution in [0.15, 0.2) is 42.5 Å². The molecule has 0 aliphatic carbocycles. The molecule has 1 fully saturated rings. The average Bonchev–Trinajstić information content (AvgIpc) is 2.81. The van der Waals surface area contributed by atoms with Gasteiger partial charge in [0.15, 0.2) is 0 Å². The summed E-state index contributed by atoms with van der Waals surface area (Å²) in [6, 6.07) is 13.6. The molecule has 0 bridgehead atoms. The van der Waals surface area contributed by atoms with Crippen LogP contribution in [0.5, 0.6) is 11.5 Å². The number of nitrogens with two attached hydrogens (primary N) is 1. The molecule has 7 nitrogen and oxygen atoms in total. The van der Waals surface area contributed by atoms with Gasteiger partial charge in [-0.25, -0.2) is 0 Å². The molecular weight excluding hydrogens is 478 g/mol. The molecule has 2 aromatic carbocycles. The summed E-state index contributed by atoms with van der Waals surface area (Å²) in [5, 5.41) is 18.8. The summed E-state index contributed by atoms with van der Waals surface area (Å²) in [4.78, 5) is 18.7. The molecule has 1 aliphatic heterocycles. The predicted molar refractivity (Wildman–Crippen MR) is 133 cm³/mol. The number of ether oxygens (including phenoxy) is 1. The summed E-state index contributed by atoms with van der Waals surface area (Å²) in [6.07, 6.45) is 5.63. The highest BCUT2D eigenvalue weighted by Crippen LogP contribution is 2.30. The third kappa shape index (κ3) is 10.2. The zero-order valence-electron chi connectivity index (χ0n) is 19.0. The van der Waals surface area contributed by atoms with Crippen molar-refractivity contribution < 1.29 is 24.4 Å². The van der Waals surface area contributed by atoms with Gasteiger partial charge < -0.3 is 20.5 Å². The molecular formula is C24H31BCl2N2O5. The minimum atomic E-state index is -1.20. The van der Waals surface area contributed by atoms with Crippen LogP contribution in [0, 0.1) is 5.92 Å². The van der Waals surface area contributed by atoms with E-state index >= 15 is 0 Å². The van der Waals surface area contributed by atoms with Gasteiger partial charge in [0, 0.05) is 18.7 Å². The quantitative estimate of drug-likeness (QED) is 0.322. The van der Waals surface area contributed by atoms with Gasteiger partial charge in [0.05, 0.1) is 10.0 Å². The van der Waals surface area contributed by atoms with Gasteiger partial charge in [0.2, 0.25) is 0 Å². The fourth-order valence-corrected chi connectivity index (χ4v) is 4.37. The van der Waals surface area contributed by atoms with E-state index < -0.39 is 7.12 Å². The molecule has 4 N–H and O–H groups in total. The van der Waals surface area contributed by atoms with E-state index in [1.54, 1.807) is 18.2 Å². The smallest absolute Gasteiger partial charge is 0.451 e. The Morgan fingerprint density at radius 2 is 1.65 bits per heavy atom. The normalized spacial score (nSPS) is 15.1. The van der Waals surface area contributed by atoms with Crippen molar-refractivity contribution in [1.29, 1.82) is 0 Å². The topological polar surface area (TPSA) is 113 Å². The Labute approximate surface area is 210 Å². The van der Waals surface area contributed by atoms with Crippen molar-refractivity contribution in [3.63, 3.8) is 0 Å². The maximum absolute atomic E-state index is 8.92. The van der Waals surface area contributed by atoms with E-state index in [0.717, 1.165) is 57.5 Å². The van der Waals surface area contributed by atoms with Gasteiger partial charge in [0.25, 0.3) is 0 Å². The monoisotopic (exact) mass is 508 g/mol. The maximum atomic E-state index is 8.92. The molecule has 0 aromatic heterocycles. The number of hydrogen-bond acceptors (Lipinski definition) is 7. The van der Waals surface area contributed by atoms with Crippen LogP contribution in [0.2, 0.25) is 16.4 Å². The number of nitrogens with zero attached hydrogens (tertiary/aromatic N) is 1. The third-order valence-electron chi connectivity index (χ3n) is 5.94. The van der Waals surface area contributed by atoms with Crippen molar-refractivity contribution in [2.24, 2.45) is 11.7 Å². The minimum absolute atomic E-state index is 0.204.